The first-order valence-corrected chi connectivity index (χ1v) is 7.02. The molecule has 0 unspecified atom stereocenters. The topological polar surface area (TPSA) is 69.0 Å². The van der Waals surface area contributed by atoms with E-state index in [0.717, 1.165) is 30.3 Å². The standard InChI is InChI=1S/C14H16N4O2/c19-14(15-12-7-9-5-6-13(12)20-9)8-18-16-10-3-1-2-4-11(10)17-18/h1-4,9,12-13H,5-8H2,(H,15,19)/t9-,12+,13+/m0/s1. The van der Waals surface area contributed by atoms with Crippen LogP contribution in [-0.2, 0) is 16.1 Å². The molecule has 2 saturated heterocycles. The molecule has 0 saturated carbocycles. The molecule has 0 radical (unpaired) electrons. The molecule has 3 heterocycles. The molecule has 2 aromatic rings. The summed E-state index contributed by atoms with van der Waals surface area (Å²) in [6, 6.07) is 7.76. The molecule has 1 amide bonds. The first kappa shape index (κ1) is 11.8. The summed E-state index contributed by atoms with van der Waals surface area (Å²) in [5.74, 6) is -0.0496. The molecule has 4 rings (SSSR count). The van der Waals surface area contributed by atoms with Crippen LogP contribution < -0.4 is 5.32 Å². The lowest BCUT2D eigenvalue weighted by Gasteiger charge is -2.19. The average Bonchev–Trinajstić information content (AvgIpc) is 3.11. The maximum absolute atomic E-state index is 12.1. The molecule has 0 aliphatic carbocycles. The summed E-state index contributed by atoms with van der Waals surface area (Å²) in [5.41, 5.74) is 1.62. The van der Waals surface area contributed by atoms with E-state index in [9.17, 15) is 4.79 Å². The van der Waals surface area contributed by atoms with Crippen molar-refractivity contribution < 1.29 is 9.53 Å². The molecule has 20 heavy (non-hydrogen) atoms. The van der Waals surface area contributed by atoms with E-state index in [1.165, 1.54) is 4.80 Å². The number of carbonyl (C=O) groups is 1. The smallest absolute Gasteiger partial charge is 0.243 e. The minimum Gasteiger partial charge on any atom is -0.373 e. The molecule has 1 N–H and O–H groups in total. The Balaban J connectivity index is 1.42. The molecule has 1 aromatic heterocycles. The summed E-state index contributed by atoms with van der Waals surface area (Å²) < 4.78 is 5.73. The van der Waals surface area contributed by atoms with Crippen molar-refractivity contribution >= 4 is 16.9 Å². The van der Waals surface area contributed by atoms with E-state index >= 15 is 0 Å². The number of fused-ring (bicyclic) bond motifs is 3. The summed E-state index contributed by atoms with van der Waals surface area (Å²) in [6.07, 6.45) is 3.66. The zero-order chi connectivity index (χ0) is 13.5. The van der Waals surface area contributed by atoms with Crippen molar-refractivity contribution in [3.05, 3.63) is 24.3 Å². The first-order valence-electron chi connectivity index (χ1n) is 7.02. The lowest BCUT2D eigenvalue weighted by Crippen LogP contribution is -2.43. The van der Waals surface area contributed by atoms with Gasteiger partial charge in [-0.25, -0.2) is 0 Å². The summed E-state index contributed by atoms with van der Waals surface area (Å²) in [5, 5.41) is 11.6. The maximum atomic E-state index is 12.1. The van der Waals surface area contributed by atoms with E-state index in [-0.39, 0.29) is 24.6 Å². The van der Waals surface area contributed by atoms with Crippen molar-refractivity contribution in [2.75, 3.05) is 0 Å². The Morgan fingerprint density at radius 1 is 1.30 bits per heavy atom. The van der Waals surface area contributed by atoms with E-state index < -0.39 is 0 Å². The van der Waals surface area contributed by atoms with Gasteiger partial charge >= 0.3 is 0 Å². The zero-order valence-electron chi connectivity index (χ0n) is 11.0. The largest absolute Gasteiger partial charge is 0.373 e. The minimum atomic E-state index is -0.0496. The predicted molar refractivity (Wildman–Crippen MR) is 72.0 cm³/mol. The molecule has 104 valence electrons. The number of hydrogen-bond donors (Lipinski definition) is 1. The second kappa shape index (κ2) is 4.56. The fraction of sp³-hybridized carbons (Fsp3) is 0.500. The van der Waals surface area contributed by atoms with Crippen molar-refractivity contribution in [1.29, 1.82) is 0 Å². The van der Waals surface area contributed by atoms with Crippen molar-refractivity contribution in [3.63, 3.8) is 0 Å². The van der Waals surface area contributed by atoms with Crippen LogP contribution in [0.2, 0.25) is 0 Å². The lowest BCUT2D eigenvalue weighted by molar-refractivity contribution is -0.123. The van der Waals surface area contributed by atoms with Crippen LogP contribution in [0.25, 0.3) is 11.0 Å². The Morgan fingerprint density at radius 3 is 2.65 bits per heavy atom. The highest BCUT2D eigenvalue weighted by atomic mass is 16.5. The van der Waals surface area contributed by atoms with Gasteiger partial charge in [0.05, 0.1) is 18.2 Å². The van der Waals surface area contributed by atoms with Crippen LogP contribution in [0, 0.1) is 0 Å². The number of nitrogens with zero attached hydrogens (tertiary/aromatic N) is 3. The number of amides is 1. The third-order valence-electron chi connectivity index (χ3n) is 4.07. The van der Waals surface area contributed by atoms with E-state index in [1.807, 2.05) is 24.3 Å². The molecule has 6 heteroatoms. The van der Waals surface area contributed by atoms with E-state index in [2.05, 4.69) is 15.5 Å². The van der Waals surface area contributed by atoms with Gasteiger partial charge in [0.1, 0.15) is 17.6 Å². The average molecular weight is 272 g/mol. The fourth-order valence-corrected chi connectivity index (χ4v) is 3.15. The van der Waals surface area contributed by atoms with Crippen LogP contribution in [0.4, 0.5) is 0 Å². The molecule has 2 fully saturated rings. The Labute approximate surface area is 116 Å². The second-order valence-electron chi connectivity index (χ2n) is 5.50. The summed E-state index contributed by atoms with van der Waals surface area (Å²) in [4.78, 5) is 13.5. The number of hydrogen-bond acceptors (Lipinski definition) is 4. The number of aromatic nitrogens is 3. The molecular weight excluding hydrogens is 256 g/mol. The molecule has 1 aromatic carbocycles. The summed E-state index contributed by atoms with van der Waals surface area (Å²) >= 11 is 0. The summed E-state index contributed by atoms with van der Waals surface area (Å²) in [6.45, 7) is 0.155. The van der Waals surface area contributed by atoms with Gasteiger partial charge in [-0.15, -0.1) is 0 Å². The Kier molecular flexibility index (Phi) is 2.70. The maximum Gasteiger partial charge on any atom is 0.243 e. The quantitative estimate of drug-likeness (QED) is 0.900. The highest BCUT2D eigenvalue weighted by Crippen LogP contribution is 2.34. The van der Waals surface area contributed by atoms with Crippen molar-refractivity contribution in [3.8, 4) is 0 Å². The molecule has 6 nitrogen and oxygen atoms in total. The SMILES string of the molecule is O=C(Cn1nc2ccccc2n1)N[C@@H]1C[C@@H]2CC[C@H]1O2. The molecule has 2 aliphatic heterocycles. The van der Waals surface area contributed by atoms with Gasteiger partial charge in [0.2, 0.25) is 5.91 Å². The zero-order valence-corrected chi connectivity index (χ0v) is 11.0. The first-order chi connectivity index (χ1) is 9.78. The van der Waals surface area contributed by atoms with Crippen LogP contribution in [-0.4, -0.2) is 39.2 Å². The van der Waals surface area contributed by atoms with Crippen LogP contribution in [0.15, 0.2) is 24.3 Å². The van der Waals surface area contributed by atoms with Gasteiger partial charge in [0, 0.05) is 0 Å². The minimum absolute atomic E-state index is 0.0496. The molecule has 3 atom stereocenters. The van der Waals surface area contributed by atoms with Crippen molar-refractivity contribution in [1.82, 2.24) is 20.3 Å². The number of rotatable bonds is 3. The number of carbonyl (C=O) groups excluding carboxylic acids is 1. The molecule has 0 spiro atoms. The Morgan fingerprint density at radius 2 is 2.05 bits per heavy atom. The van der Waals surface area contributed by atoms with E-state index in [0.29, 0.717) is 6.10 Å². The molecule has 2 aliphatic rings. The van der Waals surface area contributed by atoms with Gasteiger partial charge in [-0.3, -0.25) is 4.79 Å². The number of ether oxygens (including phenoxy) is 1. The van der Waals surface area contributed by atoms with Gasteiger partial charge in [0.15, 0.2) is 0 Å². The van der Waals surface area contributed by atoms with Crippen LogP contribution >= 0.6 is 0 Å². The fourth-order valence-electron chi connectivity index (χ4n) is 3.15. The Hall–Kier alpha value is -1.95. The number of nitrogens with one attached hydrogen (secondary N) is 1. The highest BCUT2D eigenvalue weighted by molar-refractivity contribution is 5.77. The normalized spacial score (nSPS) is 28.1. The van der Waals surface area contributed by atoms with Gasteiger partial charge in [0.25, 0.3) is 0 Å². The van der Waals surface area contributed by atoms with E-state index in [4.69, 9.17) is 4.74 Å². The van der Waals surface area contributed by atoms with Gasteiger partial charge in [-0.2, -0.15) is 15.0 Å². The Bertz CT molecular complexity index is 620. The van der Waals surface area contributed by atoms with Gasteiger partial charge in [-0.05, 0) is 31.4 Å². The highest BCUT2D eigenvalue weighted by Gasteiger charge is 2.41. The third-order valence-corrected chi connectivity index (χ3v) is 4.07. The van der Waals surface area contributed by atoms with Gasteiger partial charge in [-0.1, -0.05) is 12.1 Å². The lowest BCUT2D eigenvalue weighted by atomic mass is 9.95. The van der Waals surface area contributed by atoms with Crippen LogP contribution in [0.5, 0.6) is 0 Å². The van der Waals surface area contributed by atoms with Crippen LogP contribution in [0.1, 0.15) is 19.3 Å². The van der Waals surface area contributed by atoms with Crippen molar-refractivity contribution in [2.24, 2.45) is 0 Å². The second-order valence-corrected chi connectivity index (χ2v) is 5.50. The van der Waals surface area contributed by atoms with Gasteiger partial charge < -0.3 is 10.1 Å². The monoisotopic (exact) mass is 272 g/mol. The molecular formula is C14H16N4O2. The van der Waals surface area contributed by atoms with Crippen molar-refractivity contribution in [2.45, 2.75) is 44.1 Å². The molecule has 2 bridgehead atoms. The number of benzene rings is 1. The third kappa shape index (κ3) is 2.06. The van der Waals surface area contributed by atoms with Crippen LogP contribution in [0.3, 0.4) is 0 Å². The van der Waals surface area contributed by atoms with E-state index in [1.54, 1.807) is 0 Å². The summed E-state index contributed by atoms with van der Waals surface area (Å²) in [7, 11) is 0. The predicted octanol–water partition coefficient (Wildman–Crippen LogP) is 0.867.